The molecule has 0 aliphatic rings. The number of carbonyl (C=O) groups is 1. The van der Waals surface area contributed by atoms with Gasteiger partial charge in [0.15, 0.2) is 0 Å². The lowest BCUT2D eigenvalue weighted by Crippen LogP contribution is -1.92. The number of carboxylic acids is 1. The highest BCUT2D eigenvalue weighted by Crippen LogP contribution is 2.29. The van der Waals surface area contributed by atoms with E-state index >= 15 is 0 Å². The van der Waals surface area contributed by atoms with Crippen molar-refractivity contribution in [2.75, 3.05) is 0 Å². The molecule has 21 heavy (non-hydrogen) atoms. The van der Waals surface area contributed by atoms with Gasteiger partial charge in [-0.1, -0.05) is 23.8 Å². The molecule has 0 aromatic heterocycles. The number of rotatable bonds is 4. The number of carboxylic acid groups (broad SMARTS) is 1. The molecule has 0 heterocycles. The van der Waals surface area contributed by atoms with Crippen molar-refractivity contribution in [2.45, 2.75) is 6.92 Å². The number of benzene rings is 2. The van der Waals surface area contributed by atoms with E-state index < -0.39 is 5.97 Å². The maximum absolute atomic E-state index is 10.7. The van der Waals surface area contributed by atoms with Crippen molar-refractivity contribution < 1.29 is 14.6 Å². The molecule has 0 fully saturated rings. The average molecular weight is 279 g/mol. The van der Waals surface area contributed by atoms with Crippen molar-refractivity contribution in [1.29, 1.82) is 5.26 Å². The lowest BCUT2D eigenvalue weighted by atomic mass is 10.1. The molecule has 0 aliphatic heterocycles. The summed E-state index contributed by atoms with van der Waals surface area (Å²) in [6, 6.07) is 14.4. The molecular formula is C17H13NO3. The Labute approximate surface area is 122 Å². The van der Waals surface area contributed by atoms with Gasteiger partial charge in [0.2, 0.25) is 0 Å². The van der Waals surface area contributed by atoms with Crippen LogP contribution in [0.4, 0.5) is 0 Å². The van der Waals surface area contributed by atoms with E-state index in [-0.39, 0.29) is 0 Å². The van der Waals surface area contributed by atoms with E-state index in [1.54, 1.807) is 30.3 Å². The maximum Gasteiger partial charge on any atom is 0.328 e. The molecule has 0 bridgehead atoms. The van der Waals surface area contributed by atoms with Gasteiger partial charge >= 0.3 is 5.97 Å². The summed E-state index contributed by atoms with van der Waals surface area (Å²) in [5, 5.41) is 17.8. The Morgan fingerprint density at radius 3 is 2.71 bits per heavy atom. The Hall–Kier alpha value is -3.06. The second-order valence-electron chi connectivity index (χ2n) is 4.42. The van der Waals surface area contributed by atoms with Crippen molar-refractivity contribution in [2.24, 2.45) is 0 Å². The lowest BCUT2D eigenvalue weighted by molar-refractivity contribution is -0.131. The Balaban J connectivity index is 2.40. The van der Waals surface area contributed by atoms with Gasteiger partial charge in [-0.05, 0) is 37.3 Å². The second-order valence-corrected chi connectivity index (χ2v) is 4.42. The quantitative estimate of drug-likeness (QED) is 0.865. The van der Waals surface area contributed by atoms with Gasteiger partial charge in [-0.3, -0.25) is 0 Å². The Bertz CT molecular complexity index is 742. The van der Waals surface area contributed by atoms with Gasteiger partial charge in [0.05, 0.1) is 5.56 Å². The van der Waals surface area contributed by atoms with E-state index in [2.05, 4.69) is 6.07 Å². The van der Waals surface area contributed by atoms with E-state index in [1.165, 1.54) is 6.08 Å². The molecule has 0 radical (unpaired) electrons. The maximum atomic E-state index is 10.7. The van der Waals surface area contributed by atoms with Crippen molar-refractivity contribution in [3.05, 3.63) is 65.2 Å². The van der Waals surface area contributed by atoms with E-state index in [0.717, 1.165) is 11.6 Å². The lowest BCUT2D eigenvalue weighted by Gasteiger charge is -2.10. The first-order valence-electron chi connectivity index (χ1n) is 6.29. The number of aryl methyl sites for hydroxylation is 1. The van der Waals surface area contributed by atoms with Crippen LogP contribution < -0.4 is 4.74 Å². The third-order valence-corrected chi connectivity index (χ3v) is 2.80. The van der Waals surface area contributed by atoms with Crippen LogP contribution >= 0.6 is 0 Å². The predicted molar refractivity (Wildman–Crippen MR) is 79.1 cm³/mol. The van der Waals surface area contributed by atoms with Gasteiger partial charge in [-0.2, -0.15) is 5.26 Å². The highest BCUT2D eigenvalue weighted by atomic mass is 16.5. The summed E-state index contributed by atoms with van der Waals surface area (Å²) < 4.78 is 5.75. The minimum atomic E-state index is -1.03. The highest BCUT2D eigenvalue weighted by molar-refractivity contribution is 5.86. The van der Waals surface area contributed by atoms with Crippen molar-refractivity contribution in [3.63, 3.8) is 0 Å². The molecule has 2 aromatic carbocycles. The number of aliphatic carboxylic acids is 1. The van der Waals surface area contributed by atoms with Crippen molar-refractivity contribution >= 4 is 12.0 Å². The molecule has 4 nitrogen and oxygen atoms in total. The van der Waals surface area contributed by atoms with Gasteiger partial charge in [-0.15, -0.1) is 0 Å². The van der Waals surface area contributed by atoms with E-state index in [0.29, 0.717) is 22.6 Å². The highest BCUT2D eigenvalue weighted by Gasteiger charge is 2.07. The Morgan fingerprint density at radius 2 is 2.00 bits per heavy atom. The zero-order chi connectivity index (χ0) is 15.2. The van der Waals surface area contributed by atoms with Crippen LogP contribution in [0, 0.1) is 18.3 Å². The van der Waals surface area contributed by atoms with Gasteiger partial charge in [0.25, 0.3) is 0 Å². The molecule has 0 spiro atoms. The van der Waals surface area contributed by atoms with E-state index in [4.69, 9.17) is 15.1 Å². The second kappa shape index (κ2) is 6.40. The minimum absolute atomic E-state index is 0.422. The molecule has 1 N–H and O–H groups in total. The fourth-order valence-corrected chi connectivity index (χ4v) is 1.82. The third-order valence-electron chi connectivity index (χ3n) is 2.80. The molecule has 2 aromatic rings. The van der Waals surface area contributed by atoms with Gasteiger partial charge in [0.1, 0.15) is 17.6 Å². The predicted octanol–water partition coefficient (Wildman–Crippen LogP) is 3.76. The largest absolute Gasteiger partial charge is 0.478 e. The Kier molecular flexibility index (Phi) is 4.37. The number of hydrogen-bond acceptors (Lipinski definition) is 3. The zero-order valence-electron chi connectivity index (χ0n) is 11.4. The molecule has 0 saturated heterocycles. The first kappa shape index (κ1) is 14.4. The number of nitrogens with zero attached hydrogens (tertiary/aromatic N) is 1. The van der Waals surface area contributed by atoms with Gasteiger partial charge < -0.3 is 9.84 Å². The number of nitriles is 1. The van der Waals surface area contributed by atoms with Gasteiger partial charge in [-0.25, -0.2) is 4.79 Å². The molecule has 4 heteroatoms. The van der Waals surface area contributed by atoms with Crippen LogP contribution in [0.5, 0.6) is 11.5 Å². The van der Waals surface area contributed by atoms with Crippen molar-refractivity contribution in [3.8, 4) is 17.6 Å². The third kappa shape index (κ3) is 3.71. The summed E-state index contributed by atoms with van der Waals surface area (Å²) in [5.41, 5.74) is 2.05. The topological polar surface area (TPSA) is 70.3 Å². The minimum Gasteiger partial charge on any atom is -0.478 e. The normalized spacial score (nSPS) is 10.3. The van der Waals surface area contributed by atoms with E-state index in [9.17, 15) is 4.79 Å². The monoisotopic (exact) mass is 279 g/mol. The van der Waals surface area contributed by atoms with Crippen LogP contribution in [-0.4, -0.2) is 11.1 Å². The molecule has 0 atom stereocenters. The summed E-state index contributed by atoms with van der Waals surface area (Å²) >= 11 is 0. The summed E-state index contributed by atoms with van der Waals surface area (Å²) in [7, 11) is 0. The smallest absolute Gasteiger partial charge is 0.328 e. The van der Waals surface area contributed by atoms with Crippen LogP contribution in [0.25, 0.3) is 6.08 Å². The van der Waals surface area contributed by atoms with E-state index in [1.807, 2.05) is 19.1 Å². The van der Waals surface area contributed by atoms with Gasteiger partial charge in [0, 0.05) is 11.6 Å². The molecule has 0 unspecified atom stereocenters. The summed E-state index contributed by atoms with van der Waals surface area (Å²) in [4.78, 5) is 10.7. The first-order valence-corrected chi connectivity index (χ1v) is 6.29. The fraction of sp³-hybridized carbons (Fsp3) is 0.0588. The molecular weight excluding hydrogens is 266 g/mol. The van der Waals surface area contributed by atoms with Crippen LogP contribution in [0.1, 0.15) is 16.7 Å². The SMILES string of the molecule is Cc1ccc(Oc2ccccc2C#N)c(/C=C/C(=O)O)c1. The summed E-state index contributed by atoms with van der Waals surface area (Å²) in [6.45, 7) is 1.91. The zero-order valence-corrected chi connectivity index (χ0v) is 11.4. The number of para-hydroxylation sites is 1. The molecule has 104 valence electrons. The molecule has 2 rings (SSSR count). The Morgan fingerprint density at radius 1 is 1.24 bits per heavy atom. The van der Waals surface area contributed by atoms with Crippen LogP contribution in [0.15, 0.2) is 48.5 Å². The molecule has 0 amide bonds. The van der Waals surface area contributed by atoms with Crippen LogP contribution in [-0.2, 0) is 4.79 Å². The fourth-order valence-electron chi connectivity index (χ4n) is 1.82. The summed E-state index contributed by atoms with van der Waals surface area (Å²) in [5.74, 6) is -0.0884. The summed E-state index contributed by atoms with van der Waals surface area (Å²) in [6.07, 6.45) is 2.53. The first-order chi connectivity index (χ1) is 10.1. The standard InChI is InChI=1S/C17H13NO3/c1-12-6-8-16(13(10-12)7-9-17(19)20)21-15-5-3-2-4-14(15)11-18/h2-10H,1H3,(H,19,20)/b9-7+. The average Bonchev–Trinajstić information content (AvgIpc) is 2.48. The molecule has 0 saturated carbocycles. The van der Waals surface area contributed by atoms with Crippen LogP contribution in [0.2, 0.25) is 0 Å². The number of hydrogen-bond donors (Lipinski definition) is 1. The number of ether oxygens (including phenoxy) is 1. The molecule has 0 aliphatic carbocycles. The van der Waals surface area contributed by atoms with Crippen molar-refractivity contribution in [1.82, 2.24) is 0 Å². The van der Waals surface area contributed by atoms with Crippen LogP contribution in [0.3, 0.4) is 0 Å².